The number of aromatic nitrogens is 1. The van der Waals surface area contributed by atoms with E-state index in [0.717, 1.165) is 43.3 Å². The normalized spacial score (nSPS) is 10.4. The Balaban J connectivity index is 2.38. The van der Waals surface area contributed by atoms with Gasteiger partial charge in [-0.05, 0) is 6.92 Å². The van der Waals surface area contributed by atoms with Gasteiger partial charge in [-0.2, -0.15) is 0 Å². The Labute approximate surface area is 97.0 Å². The van der Waals surface area contributed by atoms with Gasteiger partial charge in [-0.15, -0.1) is 0 Å². The molecule has 1 heterocycles. The molecule has 0 spiro atoms. The lowest BCUT2D eigenvalue weighted by molar-refractivity contribution is 0.199. The number of rotatable bonds is 7. The highest BCUT2D eigenvalue weighted by Gasteiger charge is 2.00. The largest absolute Gasteiger partial charge is 0.497 e. The maximum atomic E-state index is 5.20. The van der Waals surface area contributed by atoms with Gasteiger partial charge in [-0.25, -0.2) is 0 Å². The van der Waals surface area contributed by atoms with Gasteiger partial charge >= 0.3 is 0 Å². The van der Waals surface area contributed by atoms with Crippen molar-refractivity contribution in [3.05, 3.63) is 23.5 Å². The number of methoxy groups -OCH3 is 2. The maximum absolute atomic E-state index is 5.20. The third kappa shape index (κ3) is 4.59. The van der Waals surface area contributed by atoms with Crippen LogP contribution in [0.5, 0.6) is 5.75 Å². The van der Waals surface area contributed by atoms with E-state index in [4.69, 9.17) is 9.47 Å². The quantitative estimate of drug-likeness (QED) is 0.706. The van der Waals surface area contributed by atoms with Crippen LogP contribution < -0.4 is 10.1 Å². The minimum absolute atomic E-state index is 0.741. The second-order valence-corrected chi connectivity index (χ2v) is 3.63. The molecule has 0 saturated carbocycles. The first-order chi connectivity index (χ1) is 7.76. The van der Waals surface area contributed by atoms with Crippen molar-refractivity contribution in [2.24, 2.45) is 0 Å². The van der Waals surface area contributed by atoms with Crippen molar-refractivity contribution in [3.63, 3.8) is 0 Å². The van der Waals surface area contributed by atoms with E-state index < -0.39 is 0 Å². The van der Waals surface area contributed by atoms with Crippen LogP contribution in [0.1, 0.15) is 11.4 Å². The first kappa shape index (κ1) is 12.9. The summed E-state index contributed by atoms with van der Waals surface area (Å²) in [7, 11) is 3.38. The van der Waals surface area contributed by atoms with E-state index in [1.54, 1.807) is 14.2 Å². The molecule has 1 N–H and O–H groups in total. The summed E-state index contributed by atoms with van der Waals surface area (Å²) in [5, 5.41) is 3.29. The maximum Gasteiger partial charge on any atom is 0.122 e. The number of hydrogen-bond donors (Lipinski definition) is 1. The minimum atomic E-state index is 0.741. The first-order valence-corrected chi connectivity index (χ1v) is 5.47. The molecule has 0 fully saturated rings. The highest BCUT2D eigenvalue weighted by Crippen LogP contribution is 2.13. The van der Waals surface area contributed by atoms with E-state index >= 15 is 0 Å². The fourth-order valence-corrected chi connectivity index (χ4v) is 1.46. The summed E-state index contributed by atoms with van der Waals surface area (Å²) < 4.78 is 10.2. The monoisotopic (exact) mass is 224 g/mol. The van der Waals surface area contributed by atoms with Gasteiger partial charge in [0, 0.05) is 50.1 Å². The molecule has 0 aromatic carbocycles. The van der Waals surface area contributed by atoms with Crippen molar-refractivity contribution in [1.29, 1.82) is 0 Å². The second kappa shape index (κ2) is 7.19. The van der Waals surface area contributed by atoms with Gasteiger partial charge in [0.15, 0.2) is 0 Å². The topological polar surface area (TPSA) is 43.4 Å². The number of aryl methyl sites for hydroxylation is 1. The molecular weight excluding hydrogens is 204 g/mol. The first-order valence-electron chi connectivity index (χ1n) is 5.47. The number of pyridine rings is 1. The van der Waals surface area contributed by atoms with E-state index in [0.29, 0.717) is 0 Å². The van der Waals surface area contributed by atoms with Crippen LogP contribution in [-0.2, 0) is 11.2 Å². The van der Waals surface area contributed by atoms with Crippen LogP contribution in [-0.4, -0.2) is 38.9 Å². The van der Waals surface area contributed by atoms with Crippen molar-refractivity contribution in [1.82, 2.24) is 10.3 Å². The molecule has 0 saturated heterocycles. The summed E-state index contributed by atoms with van der Waals surface area (Å²) in [5.74, 6) is 0.874. The van der Waals surface area contributed by atoms with Crippen LogP contribution in [0.25, 0.3) is 0 Å². The lowest BCUT2D eigenvalue weighted by Gasteiger charge is -2.07. The van der Waals surface area contributed by atoms with Crippen LogP contribution in [0.4, 0.5) is 0 Å². The molecule has 0 aliphatic rings. The molecule has 4 heteroatoms. The van der Waals surface area contributed by atoms with E-state index in [1.807, 2.05) is 19.1 Å². The highest BCUT2D eigenvalue weighted by molar-refractivity contribution is 5.26. The van der Waals surface area contributed by atoms with E-state index in [2.05, 4.69) is 10.3 Å². The molecule has 4 nitrogen and oxygen atoms in total. The van der Waals surface area contributed by atoms with Crippen LogP contribution >= 0.6 is 0 Å². The number of nitrogens with zero attached hydrogens (tertiary/aromatic N) is 1. The molecule has 0 radical (unpaired) electrons. The highest BCUT2D eigenvalue weighted by atomic mass is 16.5. The summed E-state index contributed by atoms with van der Waals surface area (Å²) in [6.45, 7) is 4.50. The zero-order valence-corrected chi connectivity index (χ0v) is 10.2. The Bertz CT molecular complexity index is 316. The predicted molar refractivity (Wildman–Crippen MR) is 64.0 cm³/mol. The Morgan fingerprint density at radius 2 is 2.06 bits per heavy atom. The molecule has 0 aliphatic carbocycles. The number of nitrogens with one attached hydrogen (secondary N) is 1. The Morgan fingerprint density at radius 3 is 2.75 bits per heavy atom. The standard InChI is InChI=1S/C12H20N2O2/c1-10-8-12(16-3)9-11(14-10)4-5-13-6-7-15-2/h8-9,13H,4-7H2,1-3H3. The predicted octanol–water partition coefficient (Wildman–Crippen LogP) is 1.18. The molecule has 0 aliphatic heterocycles. The summed E-state index contributed by atoms with van der Waals surface area (Å²) in [6, 6.07) is 3.91. The molecule has 0 bridgehead atoms. The third-order valence-electron chi connectivity index (χ3n) is 2.26. The Morgan fingerprint density at radius 1 is 1.25 bits per heavy atom. The van der Waals surface area contributed by atoms with Crippen molar-refractivity contribution in [2.75, 3.05) is 33.9 Å². The number of ether oxygens (including phenoxy) is 2. The van der Waals surface area contributed by atoms with Crippen LogP contribution in [0.15, 0.2) is 12.1 Å². The third-order valence-corrected chi connectivity index (χ3v) is 2.26. The van der Waals surface area contributed by atoms with Crippen molar-refractivity contribution in [3.8, 4) is 5.75 Å². The summed E-state index contributed by atoms with van der Waals surface area (Å²) in [6.07, 6.45) is 0.905. The van der Waals surface area contributed by atoms with Crippen LogP contribution in [0, 0.1) is 6.92 Å². The average Bonchev–Trinajstić information content (AvgIpc) is 2.28. The molecular formula is C12H20N2O2. The SMILES string of the molecule is COCCNCCc1cc(OC)cc(C)n1. The van der Waals surface area contributed by atoms with Crippen molar-refractivity contribution in [2.45, 2.75) is 13.3 Å². The lowest BCUT2D eigenvalue weighted by atomic mass is 10.2. The van der Waals surface area contributed by atoms with Gasteiger partial charge in [0.25, 0.3) is 0 Å². The van der Waals surface area contributed by atoms with Gasteiger partial charge in [-0.3, -0.25) is 4.98 Å². The molecule has 0 atom stereocenters. The average molecular weight is 224 g/mol. The fraction of sp³-hybridized carbons (Fsp3) is 0.583. The second-order valence-electron chi connectivity index (χ2n) is 3.63. The van der Waals surface area contributed by atoms with E-state index in [-0.39, 0.29) is 0 Å². The van der Waals surface area contributed by atoms with E-state index in [1.165, 1.54) is 0 Å². The molecule has 90 valence electrons. The van der Waals surface area contributed by atoms with Crippen molar-refractivity contribution >= 4 is 0 Å². The van der Waals surface area contributed by atoms with E-state index in [9.17, 15) is 0 Å². The van der Waals surface area contributed by atoms with Gasteiger partial charge in [-0.1, -0.05) is 0 Å². The summed E-state index contributed by atoms with van der Waals surface area (Å²) >= 11 is 0. The van der Waals surface area contributed by atoms with Gasteiger partial charge in [0.2, 0.25) is 0 Å². The fourth-order valence-electron chi connectivity index (χ4n) is 1.46. The molecule has 0 unspecified atom stereocenters. The van der Waals surface area contributed by atoms with Crippen LogP contribution in [0.2, 0.25) is 0 Å². The zero-order chi connectivity index (χ0) is 11.8. The number of hydrogen-bond acceptors (Lipinski definition) is 4. The summed E-state index contributed by atoms with van der Waals surface area (Å²) in [4.78, 5) is 4.45. The Hall–Kier alpha value is -1.13. The lowest BCUT2D eigenvalue weighted by Crippen LogP contribution is -2.22. The van der Waals surface area contributed by atoms with Gasteiger partial charge < -0.3 is 14.8 Å². The van der Waals surface area contributed by atoms with Gasteiger partial charge in [0.05, 0.1) is 13.7 Å². The molecule has 1 aromatic rings. The molecule has 1 aromatic heterocycles. The smallest absolute Gasteiger partial charge is 0.122 e. The van der Waals surface area contributed by atoms with Crippen molar-refractivity contribution < 1.29 is 9.47 Å². The Kier molecular flexibility index (Phi) is 5.82. The van der Waals surface area contributed by atoms with Crippen LogP contribution in [0.3, 0.4) is 0 Å². The minimum Gasteiger partial charge on any atom is -0.497 e. The summed E-state index contributed by atoms with van der Waals surface area (Å²) in [5.41, 5.74) is 2.05. The molecule has 1 rings (SSSR count). The molecule has 16 heavy (non-hydrogen) atoms. The zero-order valence-electron chi connectivity index (χ0n) is 10.2. The molecule has 0 amide bonds. The van der Waals surface area contributed by atoms with Gasteiger partial charge in [0.1, 0.15) is 5.75 Å².